The normalized spacial score (nSPS) is 24.0. The number of primary amides is 1. The van der Waals surface area contributed by atoms with E-state index in [1.54, 1.807) is 0 Å². The van der Waals surface area contributed by atoms with Gasteiger partial charge in [0.25, 0.3) is 5.91 Å². The maximum atomic E-state index is 13.1. The van der Waals surface area contributed by atoms with Crippen LogP contribution in [0.1, 0.15) is 6.42 Å². The smallest absolute Gasteiger partial charge is 0.335 e. The van der Waals surface area contributed by atoms with Crippen molar-refractivity contribution in [2.24, 2.45) is 11.7 Å². The van der Waals surface area contributed by atoms with Crippen molar-refractivity contribution >= 4 is 21.9 Å². The number of carboxylic acid groups (broad SMARTS) is 1. The maximum absolute atomic E-state index is 13.1. The third kappa shape index (κ3) is 3.06. The largest absolute Gasteiger partial charge is 0.497 e. The second-order valence-electron chi connectivity index (χ2n) is 5.73. The molecule has 0 aliphatic carbocycles. The number of aliphatic hydroxyl groups is 1. The van der Waals surface area contributed by atoms with Crippen LogP contribution in [0.3, 0.4) is 0 Å². The zero-order chi connectivity index (χ0) is 19.5. The molecule has 1 aromatic carbocycles. The average Bonchev–Trinajstić information content (AvgIpc) is 2.82. The number of benzene rings is 1. The fourth-order valence-electron chi connectivity index (χ4n) is 3.03. The number of hydrogen-bond acceptors (Lipinski definition) is 6. The summed E-state index contributed by atoms with van der Waals surface area (Å²) in [6.45, 7) is -1.10. The van der Waals surface area contributed by atoms with E-state index in [0.717, 1.165) is 0 Å². The Bertz CT molecular complexity index is 804. The number of amides is 1. The summed E-state index contributed by atoms with van der Waals surface area (Å²) in [6.07, 6.45) is 2.93. The van der Waals surface area contributed by atoms with Gasteiger partial charge in [-0.15, -0.1) is 0 Å². The van der Waals surface area contributed by atoms with Gasteiger partial charge >= 0.3 is 5.97 Å². The van der Waals surface area contributed by atoms with E-state index < -0.39 is 40.0 Å². The first-order valence-electron chi connectivity index (χ1n) is 7.69. The van der Waals surface area contributed by atoms with Gasteiger partial charge in [-0.3, -0.25) is 4.79 Å². The summed E-state index contributed by atoms with van der Waals surface area (Å²) in [5, 5.41) is 19.4. The summed E-state index contributed by atoms with van der Waals surface area (Å²) in [4.78, 5) is 24.0. The number of nitrogens with zero attached hydrogens (tertiary/aromatic N) is 1. The molecular weight excluding hydrogens is 364 g/mol. The molecule has 0 aromatic heterocycles. The van der Waals surface area contributed by atoms with Gasteiger partial charge in [0.05, 0.1) is 12.0 Å². The van der Waals surface area contributed by atoms with Gasteiger partial charge in [0.2, 0.25) is 15.6 Å². The number of aliphatic hydroxyl groups excluding tert-OH is 1. The van der Waals surface area contributed by atoms with Gasteiger partial charge in [0.15, 0.2) is 0 Å². The molecule has 1 amide bonds. The maximum Gasteiger partial charge on any atom is 0.335 e. The molecule has 142 valence electrons. The molecule has 10 heteroatoms. The van der Waals surface area contributed by atoms with Crippen LogP contribution in [0, 0.1) is 5.92 Å². The van der Waals surface area contributed by atoms with E-state index in [-0.39, 0.29) is 17.9 Å². The lowest BCUT2D eigenvalue weighted by Gasteiger charge is -2.39. The minimum Gasteiger partial charge on any atom is -0.497 e. The van der Waals surface area contributed by atoms with Crippen LogP contribution in [0.15, 0.2) is 41.3 Å². The van der Waals surface area contributed by atoms with Crippen LogP contribution in [0.25, 0.3) is 0 Å². The number of carboxylic acids is 1. The zero-order valence-corrected chi connectivity index (χ0v) is 14.8. The molecule has 1 aliphatic rings. The fraction of sp³-hybridized carbons (Fsp3) is 0.375. The minimum atomic E-state index is -4.42. The third-order valence-corrected chi connectivity index (χ3v) is 6.30. The number of methoxy groups -OCH3 is 1. The Morgan fingerprint density at radius 2 is 1.92 bits per heavy atom. The van der Waals surface area contributed by atoms with Crippen molar-refractivity contribution in [3.8, 4) is 5.75 Å². The summed E-state index contributed by atoms with van der Waals surface area (Å²) in [7, 11) is -3.00. The van der Waals surface area contributed by atoms with Gasteiger partial charge in [-0.2, -0.15) is 4.31 Å². The van der Waals surface area contributed by atoms with Gasteiger partial charge in [-0.25, -0.2) is 13.2 Å². The first kappa shape index (κ1) is 19.9. The highest BCUT2D eigenvalue weighted by atomic mass is 32.2. The number of aliphatic carboxylic acids is 1. The van der Waals surface area contributed by atoms with Crippen LogP contribution in [-0.4, -0.2) is 60.6 Å². The molecule has 0 bridgehead atoms. The summed E-state index contributed by atoms with van der Waals surface area (Å²) in [5.41, 5.74) is 2.75. The molecule has 9 nitrogen and oxygen atoms in total. The van der Waals surface area contributed by atoms with Crippen LogP contribution in [-0.2, 0) is 19.6 Å². The summed E-state index contributed by atoms with van der Waals surface area (Å²) >= 11 is 0. The van der Waals surface area contributed by atoms with Crippen LogP contribution in [0.2, 0.25) is 0 Å². The average molecular weight is 384 g/mol. The Labute approximate surface area is 150 Å². The number of allylic oxidation sites excluding steroid dienone is 1. The number of nitrogens with two attached hydrogens (primary N) is 1. The number of ether oxygens (including phenoxy) is 1. The highest BCUT2D eigenvalue weighted by Crippen LogP contribution is 2.35. The zero-order valence-electron chi connectivity index (χ0n) is 14.0. The Morgan fingerprint density at radius 3 is 2.38 bits per heavy atom. The molecule has 1 heterocycles. The Kier molecular flexibility index (Phi) is 5.69. The molecule has 4 N–H and O–H groups in total. The predicted octanol–water partition coefficient (Wildman–Crippen LogP) is -0.437. The van der Waals surface area contributed by atoms with Gasteiger partial charge in [0.1, 0.15) is 5.75 Å². The number of carbonyl (C=O) groups is 2. The van der Waals surface area contributed by atoms with E-state index in [1.165, 1.54) is 43.5 Å². The molecule has 26 heavy (non-hydrogen) atoms. The molecule has 2 rings (SSSR count). The molecule has 0 fully saturated rings. The lowest BCUT2D eigenvalue weighted by Crippen LogP contribution is -2.68. The van der Waals surface area contributed by atoms with Gasteiger partial charge < -0.3 is 20.7 Å². The summed E-state index contributed by atoms with van der Waals surface area (Å²) in [6, 6.07) is 5.28. The number of hydrogen-bond donors (Lipinski definition) is 3. The van der Waals surface area contributed by atoms with Gasteiger partial charge in [-0.1, -0.05) is 12.2 Å². The molecule has 0 saturated carbocycles. The van der Waals surface area contributed by atoms with Crippen molar-refractivity contribution in [1.82, 2.24) is 4.31 Å². The monoisotopic (exact) mass is 384 g/mol. The molecule has 0 spiro atoms. The summed E-state index contributed by atoms with van der Waals surface area (Å²) in [5.74, 6) is -3.91. The van der Waals surface area contributed by atoms with E-state index in [1.807, 2.05) is 0 Å². The SMILES string of the molecule is COc1ccc(S(=O)(=O)N2CC=CCC(CO)C2(C(N)=O)C(=O)O)cc1. The molecular formula is C16H20N2O7S. The van der Waals surface area contributed by atoms with E-state index in [0.29, 0.717) is 10.1 Å². The van der Waals surface area contributed by atoms with Crippen molar-refractivity contribution < 1.29 is 33.0 Å². The predicted molar refractivity (Wildman–Crippen MR) is 90.8 cm³/mol. The van der Waals surface area contributed by atoms with Crippen molar-refractivity contribution in [2.75, 3.05) is 20.3 Å². The molecule has 0 radical (unpaired) electrons. The van der Waals surface area contributed by atoms with E-state index in [9.17, 15) is 28.2 Å². The molecule has 2 unspecified atom stereocenters. The molecule has 2 atom stereocenters. The van der Waals surface area contributed by atoms with Gasteiger partial charge in [0, 0.05) is 19.1 Å². The minimum absolute atomic E-state index is 0.0135. The van der Waals surface area contributed by atoms with E-state index in [2.05, 4.69) is 0 Å². The highest BCUT2D eigenvalue weighted by Gasteiger charge is 2.60. The quantitative estimate of drug-likeness (QED) is 0.445. The number of rotatable bonds is 6. The lowest BCUT2D eigenvalue weighted by atomic mass is 9.81. The first-order valence-corrected chi connectivity index (χ1v) is 9.13. The third-order valence-electron chi connectivity index (χ3n) is 4.41. The van der Waals surface area contributed by atoms with E-state index in [4.69, 9.17) is 10.5 Å². The Hall–Kier alpha value is -2.43. The van der Waals surface area contributed by atoms with Crippen LogP contribution in [0.4, 0.5) is 0 Å². The van der Waals surface area contributed by atoms with Gasteiger partial charge in [-0.05, 0) is 30.7 Å². The van der Waals surface area contributed by atoms with Crippen molar-refractivity contribution in [1.29, 1.82) is 0 Å². The standard InChI is InChI=1S/C16H20N2O7S/c1-25-12-5-7-13(8-6-12)26(23,24)18-9-3-2-4-11(10-19)16(18,14(17)20)15(21)22/h2-3,5-8,11,19H,4,9-10H2,1H3,(H2,17,20)(H,21,22). The van der Waals surface area contributed by atoms with E-state index >= 15 is 0 Å². The van der Waals surface area contributed by atoms with Crippen molar-refractivity contribution in [3.05, 3.63) is 36.4 Å². The fourth-order valence-corrected chi connectivity index (χ4v) is 4.74. The van der Waals surface area contributed by atoms with Crippen LogP contribution >= 0.6 is 0 Å². The molecule has 0 saturated heterocycles. The second-order valence-corrected chi connectivity index (χ2v) is 7.60. The van der Waals surface area contributed by atoms with Crippen molar-refractivity contribution in [2.45, 2.75) is 16.9 Å². The Balaban J connectivity index is 2.69. The molecule has 1 aliphatic heterocycles. The Morgan fingerprint density at radius 1 is 1.31 bits per heavy atom. The summed E-state index contributed by atoms with van der Waals surface area (Å²) < 4.78 is 31.8. The topological polar surface area (TPSA) is 147 Å². The van der Waals surface area contributed by atoms with Crippen LogP contribution < -0.4 is 10.5 Å². The second kappa shape index (κ2) is 7.44. The lowest BCUT2D eigenvalue weighted by molar-refractivity contribution is -0.158. The highest BCUT2D eigenvalue weighted by molar-refractivity contribution is 7.89. The first-order chi connectivity index (χ1) is 12.2. The number of carbonyl (C=O) groups excluding carboxylic acids is 1. The molecule has 1 aromatic rings. The number of sulfonamides is 1. The van der Waals surface area contributed by atoms with Crippen molar-refractivity contribution in [3.63, 3.8) is 0 Å². The van der Waals surface area contributed by atoms with Crippen LogP contribution in [0.5, 0.6) is 5.75 Å².